The average molecular weight is 306 g/mol. The van der Waals surface area contributed by atoms with Crippen LogP contribution >= 0.6 is 11.3 Å². The minimum Gasteiger partial charge on any atom is -0.302 e. The summed E-state index contributed by atoms with van der Waals surface area (Å²) in [5.41, 5.74) is 3.21. The van der Waals surface area contributed by atoms with Gasteiger partial charge in [0.15, 0.2) is 0 Å². The Balaban J connectivity index is 2.46. The molecule has 1 N–H and O–H groups in total. The molecule has 1 aromatic carbocycles. The van der Waals surface area contributed by atoms with Crippen LogP contribution in [0, 0.1) is 19.7 Å². The predicted molar refractivity (Wildman–Crippen MR) is 87.5 cm³/mol. The maximum Gasteiger partial charge on any atom is 0.123 e. The van der Waals surface area contributed by atoms with E-state index in [2.05, 4.69) is 33.0 Å². The van der Waals surface area contributed by atoms with Gasteiger partial charge in [-0.15, -0.1) is 11.3 Å². The van der Waals surface area contributed by atoms with Gasteiger partial charge in [0.2, 0.25) is 0 Å². The van der Waals surface area contributed by atoms with Gasteiger partial charge in [-0.3, -0.25) is 0 Å². The molecule has 0 bridgehead atoms. The molecule has 1 atom stereocenters. The molecule has 0 aliphatic heterocycles. The molecule has 0 aliphatic carbocycles. The third-order valence-electron chi connectivity index (χ3n) is 3.53. The Bertz CT molecular complexity index is 619. The fourth-order valence-electron chi connectivity index (χ4n) is 2.49. The number of benzene rings is 1. The molecule has 0 fully saturated rings. The first-order valence-electron chi connectivity index (χ1n) is 7.40. The minimum absolute atomic E-state index is 0.0228. The van der Waals surface area contributed by atoms with E-state index in [0.29, 0.717) is 6.04 Å². The summed E-state index contributed by atoms with van der Waals surface area (Å²) in [6, 6.07) is 5.33. The molecule has 0 saturated heterocycles. The first-order chi connectivity index (χ1) is 9.92. The number of aromatic nitrogens is 1. The Morgan fingerprint density at radius 1 is 1.29 bits per heavy atom. The molecule has 2 nitrogen and oxygen atoms in total. The van der Waals surface area contributed by atoms with E-state index in [1.165, 1.54) is 10.9 Å². The quantitative estimate of drug-likeness (QED) is 0.876. The molecule has 114 valence electrons. The zero-order chi connectivity index (χ0) is 15.6. The standard InChI is InChI=1S/C17H23FN2S/c1-6-15-12(5)21-17(20-15)16(19-10(2)3)14-8-7-13(18)9-11(14)4/h7-10,16,19H,6H2,1-5H3. The van der Waals surface area contributed by atoms with Gasteiger partial charge in [0, 0.05) is 10.9 Å². The SMILES string of the molecule is CCc1nc(C(NC(C)C)c2ccc(F)cc2C)sc1C. The van der Waals surface area contributed by atoms with Crippen molar-refractivity contribution in [3.05, 3.63) is 50.7 Å². The Morgan fingerprint density at radius 3 is 2.52 bits per heavy atom. The van der Waals surface area contributed by atoms with Crippen molar-refractivity contribution in [1.82, 2.24) is 10.3 Å². The van der Waals surface area contributed by atoms with Gasteiger partial charge in [0.25, 0.3) is 0 Å². The molecule has 4 heteroatoms. The normalized spacial score (nSPS) is 12.9. The van der Waals surface area contributed by atoms with Gasteiger partial charge in [-0.1, -0.05) is 13.0 Å². The van der Waals surface area contributed by atoms with Crippen molar-refractivity contribution in [2.45, 2.75) is 53.1 Å². The summed E-state index contributed by atoms with van der Waals surface area (Å²) in [4.78, 5) is 6.05. The highest BCUT2D eigenvalue weighted by molar-refractivity contribution is 7.11. The molecule has 2 rings (SSSR count). The van der Waals surface area contributed by atoms with Crippen LogP contribution in [0.3, 0.4) is 0 Å². The van der Waals surface area contributed by atoms with Crippen LogP contribution < -0.4 is 5.32 Å². The molecule has 0 saturated carbocycles. The first-order valence-corrected chi connectivity index (χ1v) is 8.22. The second kappa shape index (κ2) is 6.67. The summed E-state index contributed by atoms with van der Waals surface area (Å²) in [7, 11) is 0. The van der Waals surface area contributed by atoms with Gasteiger partial charge in [-0.05, 0) is 57.4 Å². The van der Waals surface area contributed by atoms with Crippen molar-refractivity contribution in [3.63, 3.8) is 0 Å². The van der Waals surface area contributed by atoms with E-state index < -0.39 is 0 Å². The minimum atomic E-state index is -0.191. The number of hydrogen-bond donors (Lipinski definition) is 1. The number of halogens is 1. The molecule has 0 radical (unpaired) electrons. The second-order valence-corrected chi connectivity index (χ2v) is 6.90. The molecular formula is C17H23FN2S. The second-order valence-electron chi connectivity index (χ2n) is 5.66. The summed E-state index contributed by atoms with van der Waals surface area (Å²) in [5, 5.41) is 4.63. The third-order valence-corrected chi connectivity index (χ3v) is 4.61. The Kier molecular flexibility index (Phi) is 5.12. The Hall–Kier alpha value is -1.26. The topological polar surface area (TPSA) is 24.9 Å². The largest absolute Gasteiger partial charge is 0.302 e. The number of hydrogen-bond acceptors (Lipinski definition) is 3. The van der Waals surface area contributed by atoms with Crippen molar-refractivity contribution < 1.29 is 4.39 Å². The fraction of sp³-hybridized carbons (Fsp3) is 0.471. The van der Waals surface area contributed by atoms with Crippen LogP contribution in [0.2, 0.25) is 0 Å². The lowest BCUT2D eigenvalue weighted by Gasteiger charge is -2.21. The van der Waals surface area contributed by atoms with Crippen LogP contribution in [-0.2, 0) is 6.42 Å². The highest BCUT2D eigenvalue weighted by Crippen LogP contribution is 2.30. The van der Waals surface area contributed by atoms with Crippen molar-refractivity contribution in [2.24, 2.45) is 0 Å². The van der Waals surface area contributed by atoms with Crippen LogP contribution in [0.25, 0.3) is 0 Å². The van der Waals surface area contributed by atoms with E-state index in [0.717, 1.165) is 28.2 Å². The van der Waals surface area contributed by atoms with Crippen molar-refractivity contribution >= 4 is 11.3 Å². The molecule has 1 unspecified atom stereocenters. The number of nitrogens with one attached hydrogen (secondary N) is 1. The highest BCUT2D eigenvalue weighted by atomic mass is 32.1. The Morgan fingerprint density at radius 2 is 2.00 bits per heavy atom. The summed E-state index contributed by atoms with van der Waals surface area (Å²) >= 11 is 1.73. The van der Waals surface area contributed by atoms with Gasteiger partial charge in [0.1, 0.15) is 10.8 Å². The van der Waals surface area contributed by atoms with Crippen molar-refractivity contribution in [1.29, 1.82) is 0 Å². The third kappa shape index (κ3) is 3.69. The monoisotopic (exact) mass is 306 g/mol. The van der Waals surface area contributed by atoms with E-state index in [9.17, 15) is 4.39 Å². The van der Waals surface area contributed by atoms with Crippen LogP contribution in [0.15, 0.2) is 18.2 Å². The molecule has 0 spiro atoms. The van der Waals surface area contributed by atoms with Crippen LogP contribution in [0.1, 0.15) is 53.5 Å². The van der Waals surface area contributed by atoms with E-state index in [-0.39, 0.29) is 11.9 Å². The van der Waals surface area contributed by atoms with E-state index in [4.69, 9.17) is 4.98 Å². The maximum absolute atomic E-state index is 13.4. The van der Waals surface area contributed by atoms with Crippen LogP contribution in [-0.4, -0.2) is 11.0 Å². The zero-order valence-corrected chi connectivity index (χ0v) is 14.1. The molecule has 2 aromatic rings. The van der Waals surface area contributed by atoms with Gasteiger partial charge < -0.3 is 5.32 Å². The number of nitrogens with zero attached hydrogens (tertiary/aromatic N) is 1. The maximum atomic E-state index is 13.4. The fourth-order valence-corrected chi connectivity index (χ4v) is 3.58. The molecule has 21 heavy (non-hydrogen) atoms. The van der Waals surface area contributed by atoms with E-state index >= 15 is 0 Å². The summed E-state index contributed by atoms with van der Waals surface area (Å²) in [6.07, 6.45) is 0.944. The number of aryl methyl sites for hydroxylation is 3. The molecule has 1 aromatic heterocycles. The molecule has 1 heterocycles. The van der Waals surface area contributed by atoms with E-state index in [1.54, 1.807) is 17.4 Å². The van der Waals surface area contributed by atoms with Gasteiger partial charge in [-0.2, -0.15) is 0 Å². The lowest BCUT2D eigenvalue weighted by molar-refractivity contribution is 0.523. The number of thiazole rings is 1. The van der Waals surface area contributed by atoms with Crippen molar-refractivity contribution in [2.75, 3.05) is 0 Å². The predicted octanol–water partition coefficient (Wildman–Crippen LogP) is 4.55. The van der Waals surface area contributed by atoms with Crippen LogP contribution in [0.5, 0.6) is 0 Å². The lowest BCUT2D eigenvalue weighted by atomic mass is 10.0. The zero-order valence-electron chi connectivity index (χ0n) is 13.3. The summed E-state index contributed by atoms with van der Waals surface area (Å²) < 4.78 is 13.4. The van der Waals surface area contributed by atoms with Gasteiger partial charge >= 0.3 is 0 Å². The highest BCUT2D eigenvalue weighted by Gasteiger charge is 2.21. The smallest absolute Gasteiger partial charge is 0.123 e. The lowest BCUT2D eigenvalue weighted by Crippen LogP contribution is -2.29. The van der Waals surface area contributed by atoms with E-state index in [1.807, 2.05) is 13.0 Å². The average Bonchev–Trinajstić information content (AvgIpc) is 2.77. The summed E-state index contributed by atoms with van der Waals surface area (Å²) in [6.45, 7) is 10.4. The van der Waals surface area contributed by atoms with Gasteiger partial charge in [0.05, 0.1) is 11.7 Å². The molecule has 0 aliphatic rings. The Labute approximate surface area is 130 Å². The first kappa shape index (κ1) is 16.1. The molecule has 0 amide bonds. The van der Waals surface area contributed by atoms with Crippen molar-refractivity contribution in [3.8, 4) is 0 Å². The summed E-state index contributed by atoms with van der Waals surface area (Å²) in [5.74, 6) is -0.191. The van der Waals surface area contributed by atoms with Gasteiger partial charge in [-0.25, -0.2) is 9.37 Å². The van der Waals surface area contributed by atoms with Crippen LogP contribution in [0.4, 0.5) is 4.39 Å². The molecular weight excluding hydrogens is 283 g/mol. The number of rotatable bonds is 5.